The third kappa shape index (κ3) is 4.67. The molecule has 1 fully saturated rings. The Hall–Kier alpha value is -0.720. The Morgan fingerprint density at radius 1 is 1.38 bits per heavy atom. The van der Waals surface area contributed by atoms with Gasteiger partial charge in [0, 0.05) is 9.73 Å². The van der Waals surface area contributed by atoms with E-state index in [0.717, 1.165) is 44.7 Å². The number of nitriles is 1. The number of benzene rings is 1. The van der Waals surface area contributed by atoms with E-state index >= 15 is 0 Å². The van der Waals surface area contributed by atoms with Crippen LogP contribution in [0.5, 0.6) is 0 Å². The number of aryl methyl sites for hydroxylation is 2. The van der Waals surface area contributed by atoms with Crippen LogP contribution < -0.4 is 0 Å². The third-order valence-electron chi connectivity index (χ3n) is 5.50. The third-order valence-corrected chi connectivity index (χ3v) is 7.34. The average Bonchev–Trinajstić information content (AvgIpc) is 3.04. The molecule has 0 aliphatic heterocycles. The molecule has 0 radical (unpaired) electrons. The van der Waals surface area contributed by atoms with Gasteiger partial charge in [0.15, 0.2) is 0 Å². The fraction of sp³-hybridized carbons (Fsp3) is 0.571. The molecule has 0 saturated heterocycles. The zero-order valence-corrected chi connectivity index (χ0v) is 17.6. The van der Waals surface area contributed by atoms with E-state index in [9.17, 15) is 5.26 Å². The molecular formula is C21H28BrNS. The standard InChI is InChI=1S/C21H28BrNS/c1-5-16(17-6-8-19(11-17)24-4)7-9-21(22)20-12-18(13-23)14(2)10-15(20)3/h9-10,12,16-17,19H,5-8,11H2,1-4H3/b21-9+/t16?,17-,19-/m1/s1. The van der Waals surface area contributed by atoms with E-state index in [1.54, 1.807) is 0 Å². The lowest BCUT2D eigenvalue weighted by Crippen LogP contribution is -2.11. The van der Waals surface area contributed by atoms with Crippen molar-refractivity contribution >= 4 is 32.2 Å². The molecule has 1 unspecified atom stereocenters. The van der Waals surface area contributed by atoms with Crippen LogP contribution in [0.2, 0.25) is 0 Å². The van der Waals surface area contributed by atoms with E-state index in [1.807, 2.05) is 24.8 Å². The largest absolute Gasteiger partial charge is 0.192 e. The number of halogens is 1. The summed E-state index contributed by atoms with van der Waals surface area (Å²) in [7, 11) is 0. The highest BCUT2D eigenvalue weighted by Crippen LogP contribution is 2.40. The topological polar surface area (TPSA) is 23.8 Å². The molecule has 2 rings (SSSR count). The number of thioether (sulfide) groups is 1. The van der Waals surface area contributed by atoms with Crippen molar-refractivity contribution in [2.24, 2.45) is 11.8 Å². The zero-order chi connectivity index (χ0) is 17.7. The molecule has 0 amide bonds. The van der Waals surface area contributed by atoms with Crippen molar-refractivity contribution in [2.75, 3.05) is 6.26 Å². The summed E-state index contributed by atoms with van der Waals surface area (Å²) in [6, 6.07) is 6.43. The maximum Gasteiger partial charge on any atom is 0.0994 e. The molecule has 0 spiro atoms. The maximum atomic E-state index is 9.28. The van der Waals surface area contributed by atoms with Gasteiger partial charge >= 0.3 is 0 Å². The molecule has 0 aromatic heterocycles. The van der Waals surface area contributed by atoms with Gasteiger partial charge in [-0.15, -0.1) is 0 Å². The van der Waals surface area contributed by atoms with Gasteiger partial charge in [0.1, 0.15) is 0 Å². The normalized spacial score (nSPS) is 22.4. The molecular weight excluding hydrogens is 378 g/mol. The fourth-order valence-corrected chi connectivity index (χ4v) is 5.33. The summed E-state index contributed by atoms with van der Waals surface area (Å²) in [6.07, 6.45) is 11.1. The van der Waals surface area contributed by atoms with Crippen LogP contribution >= 0.6 is 27.7 Å². The van der Waals surface area contributed by atoms with Crippen molar-refractivity contribution in [1.82, 2.24) is 0 Å². The lowest BCUT2D eigenvalue weighted by Gasteiger charge is -2.21. The first-order valence-electron chi connectivity index (χ1n) is 8.90. The second kappa shape index (κ2) is 9.11. The number of rotatable bonds is 6. The molecule has 1 nitrogen and oxygen atoms in total. The highest BCUT2D eigenvalue weighted by Gasteiger charge is 2.29. The molecule has 1 aliphatic carbocycles. The Morgan fingerprint density at radius 3 is 2.71 bits per heavy atom. The summed E-state index contributed by atoms with van der Waals surface area (Å²) in [4.78, 5) is 0. The molecule has 0 N–H and O–H groups in total. The minimum atomic E-state index is 0.770. The average molecular weight is 406 g/mol. The summed E-state index contributed by atoms with van der Waals surface area (Å²) < 4.78 is 1.13. The van der Waals surface area contributed by atoms with Crippen molar-refractivity contribution in [3.05, 3.63) is 40.5 Å². The van der Waals surface area contributed by atoms with Gasteiger partial charge in [-0.1, -0.05) is 41.4 Å². The molecule has 3 heteroatoms. The van der Waals surface area contributed by atoms with Crippen molar-refractivity contribution in [3.8, 4) is 6.07 Å². The predicted molar refractivity (Wildman–Crippen MR) is 111 cm³/mol. The Kier molecular flexibility index (Phi) is 7.44. The van der Waals surface area contributed by atoms with Crippen LogP contribution in [0, 0.1) is 37.0 Å². The minimum absolute atomic E-state index is 0.770. The molecule has 0 heterocycles. The predicted octanol–water partition coefficient (Wildman–Crippen LogP) is 6.86. The molecule has 130 valence electrons. The Morgan fingerprint density at radius 2 is 2.12 bits per heavy atom. The molecule has 3 atom stereocenters. The number of hydrogen-bond donors (Lipinski definition) is 0. The van der Waals surface area contributed by atoms with E-state index in [-0.39, 0.29) is 0 Å². The molecule has 1 aromatic carbocycles. The van der Waals surface area contributed by atoms with Crippen molar-refractivity contribution in [2.45, 2.75) is 58.1 Å². The summed E-state index contributed by atoms with van der Waals surface area (Å²) in [5.74, 6) is 1.65. The Bertz CT molecular complexity index is 644. The Labute approximate surface area is 160 Å². The summed E-state index contributed by atoms with van der Waals surface area (Å²) in [5, 5.41) is 10.1. The molecule has 1 saturated carbocycles. The van der Waals surface area contributed by atoms with Crippen LogP contribution in [0.15, 0.2) is 18.2 Å². The molecule has 24 heavy (non-hydrogen) atoms. The van der Waals surface area contributed by atoms with Crippen LogP contribution in [0.1, 0.15) is 61.3 Å². The molecule has 0 bridgehead atoms. The minimum Gasteiger partial charge on any atom is -0.192 e. The van der Waals surface area contributed by atoms with Crippen LogP contribution in [0.25, 0.3) is 4.48 Å². The van der Waals surface area contributed by atoms with Gasteiger partial charge < -0.3 is 0 Å². The SMILES string of the molecule is CCC(C/C=C(/Br)c1cc(C#N)c(C)cc1C)[C@@H]1CC[C@@H](SC)C1. The van der Waals surface area contributed by atoms with Crippen LogP contribution in [0.3, 0.4) is 0 Å². The lowest BCUT2D eigenvalue weighted by molar-refractivity contribution is 0.333. The first-order valence-corrected chi connectivity index (χ1v) is 11.0. The highest BCUT2D eigenvalue weighted by atomic mass is 79.9. The van der Waals surface area contributed by atoms with E-state index in [1.165, 1.54) is 31.2 Å². The summed E-state index contributed by atoms with van der Waals surface area (Å²) in [6.45, 7) is 6.45. The zero-order valence-electron chi connectivity index (χ0n) is 15.2. The van der Waals surface area contributed by atoms with Gasteiger partial charge in [0.2, 0.25) is 0 Å². The number of nitrogens with zero attached hydrogens (tertiary/aromatic N) is 1. The maximum absolute atomic E-state index is 9.28. The highest BCUT2D eigenvalue weighted by molar-refractivity contribution is 9.15. The summed E-state index contributed by atoms with van der Waals surface area (Å²) in [5.41, 5.74) is 4.21. The van der Waals surface area contributed by atoms with Gasteiger partial charge in [-0.05, 0) is 80.4 Å². The van der Waals surface area contributed by atoms with Gasteiger partial charge in [0.25, 0.3) is 0 Å². The summed E-state index contributed by atoms with van der Waals surface area (Å²) >= 11 is 5.80. The first-order chi connectivity index (χ1) is 11.5. The van der Waals surface area contributed by atoms with Crippen molar-refractivity contribution < 1.29 is 0 Å². The van der Waals surface area contributed by atoms with E-state index < -0.39 is 0 Å². The fourth-order valence-electron chi connectivity index (χ4n) is 3.90. The quantitative estimate of drug-likeness (QED) is 0.515. The Balaban J connectivity index is 2.12. The monoisotopic (exact) mass is 405 g/mol. The number of hydrogen-bond acceptors (Lipinski definition) is 2. The second-order valence-corrected chi connectivity index (χ2v) is 8.97. The first kappa shape index (κ1) is 19.6. The molecule has 1 aliphatic rings. The van der Waals surface area contributed by atoms with E-state index in [4.69, 9.17) is 0 Å². The van der Waals surface area contributed by atoms with Gasteiger partial charge in [-0.2, -0.15) is 17.0 Å². The van der Waals surface area contributed by atoms with Crippen molar-refractivity contribution in [1.29, 1.82) is 5.26 Å². The lowest BCUT2D eigenvalue weighted by atomic mass is 9.86. The van der Waals surface area contributed by atoms with Gasteiger partial charge in [0.05, 0.1) is 11.6 Å². The van der Waals surface area contributed by atoms with Crippen LogP contribution in [0.4, 0.5) is 0 Å². The number of allylic oxidation sites excluding steroid dienone is 1. The van der Waals surface area contributed by atoms with E-state index in [2.05, 4.69) is 54.2 Å². The van der Waals surface area contributed by atoms with Crippen LogP contribution in [-0.4, -0.2) is 11.5 Å². The smallest absolute Gasteiger partial charge is 0.0994 e. The van der Waals surface area contributed by atoms with Crippen molar-refractivity contribution in [3.63, 3.8) is 0 Å². The van der Waals surface area contributed by atoms with Gasteiger partial charge in [-0.3, -0.25) is 0 Å². The van der Waals surface area contributed by atoms with E-state index in [0.29, 0.717) is 0 Å². The second-order valence-electron chi connectivity index (χ2n) is 6.98. The van der Waals surface area contributed by atoms with Gasteiger partial charge in [-0.25, -0.2) is 0 Å². The van der Waals surface area contributed by atoms with Crippen LogP contribution in [-0.2, 0) is 0 Å². The molecule has 1 aromatic rings.